The van der Waals surface area contributed by atoms with Gasteiger partial charge in [-0.25, -0.2) is 9.18 Å². The van der Waals surface area contributed by atoms with Gasteiger partial charge in [0.2, 0.25) is 5.91 Å². The molecule has 0 atom stereocenters. The summed E-state index contributed by atoms with van der Waals surface area (Å²) in [6, 6.07) is 14.6. The summed E-state index contributed by atoms with van der Waals surface area (Å²) in [5.74, 6) is 0.281. The Labute approximate surface area is 181 Å². The molecule has 2 aromatic heterocycles. The second kappa shape index (κ2) is 8.97. The average molecular weight is 438 g/mol. The topological polar surface area (TPSA) is 85.2 Å². The number of rotatable bonds is 6. The zero-order chi connectivity index (χ0) is 21.8. The molecule has 0 saturated heterocycles. The second-order valence-corrected chi connectivity index (χ2v) is 7.66. The molecule has 9 heteroatoms. The molecule has 4 aromatic rings. The number of thiophene rings is 1. The van der Waals surface area contributed by atoms with Crippen molar-refractivity contribution in [1.82, 2.24) is 15.1 Å². The number of nitrogens with zero attached hydrogens (tertiary/aromatic N) is 2. The van der Waals surface area contributed by atoms with E-state index in [4.69, 9.17) is 4.74 Å². The zero-order valence-electron chi connectivity index (χ0n) is 16.6. The van der Waals surface area contributed by atoms with E-state index in [1.807, 2.05) is 29.6 Å². The van der Waals surface area contributed by atoms with Crippen LogP contribution in [0.25, 0.3) is 10.2 Å². The monoisotopic (exact) mass is 438 g/mol. The van der Waals surface area contributed by atoms with Crippen molar-refractivity contribution in [2.24, 2.45) is 0 Å². The van der Waals surface area contributed by atoms with Crippen molar-refractivity contribution < 1.29 is 18.7 Å². The second-order valence-electron chi connectivity index (χ2n) is 6.76. The Bertz CT molecular complexity index is 1230. The van der Waals surface area contributed by atoms with Crippen molar-refractivity contribution >= 4 is 39.3 Å². The van der Waals surface area contributed by atoms with E-state index in [-0.39, 0.29) is 18.1 Å². The van der Waals surface area contributed by atoms with Gasteiger partial charge >= 0.3 is 6.03 Å². The molecule has 0 fully saturated rings. The van der Waals surface area contributed by atoms with Crippen LogP contribution in [0.5, 0.6) is 5.75 Å². The molecule has 0 radical (unpaired) electrons. The smallest absolute Gasteiger partial charge is 0.343 e. The first-order valence-electron chi connectivity index (χ1n) is 9.45. The number of ether oxygens (including phenoxy) is 1. The molecule has 2 heterocycles. The molecule has 0 aliphatic carbocycles. The molecule has 31 heavy (non-hydrogen) atoms. The van der Waals surface area contributed by atoms with E-state index in [0.717, 1.165) is 11.3 Å². The zero-order valence-corrected chi connectivity index (χ0v) is 17.4. The summed E-state index contributed by atoms with van der Waals surface area (Å²) >= 11 is 1.34. The molecule has 0 unspecified atom stereocenters. The van der Waals surface area contributed by atoms with Gasteiger partial charge in [0.05, 0.1) is 18.9 Å². The molecule has 0 saturated carbocycles. The van der Waals surface area contributed by atoms with Crippen LogP contribution in [0.1, 0.15) is 11.1 Å². The SMILES string of the molecule is COc1ccc(CNC(=O)n2nc(NC(=O)Cc3cccc(F)c3)c3ccsc32)cc1. The van der Waals surface area contributed by atoms with Crippen LogP contribution >= 0.6 is 11.3 Å². The van der Waals surface area contributed by atoms with Crippen molar-refractivity contribution in [3.05, 3.63) is 76.9 Å². The van der Waals surface area contributed by atoms with Gasteiger partial charge in [-0.15, -0.1) is 16.4 Å². The number of methoxy groups -OCH3 is 1. The minimum absolute atomic E-state index is 0.0000828. The van der Waals surface area contributed by atoms with Crippen LogP contribution in [0.2, 0.25) is 0 Å². The predicted octanol–water partition coefficient (Wildman–Crippen LogP) is 4.18. The lowest BCUT2D eigenvalue weighted by molar-refractivity contribution is -0.115. The lowest BCUT2D eigenvalue weighted by Crippen LogP contribution is -2.28. The Morgan fingerprint density at radius 1 is 1.13 bits per heavy atom. The van der Waals surface area contributed by atoms with E-state index < -0.39 is 11.8 Å². The fourth-order valence-corrected chi connectivity index (χ4v) is 3.93. The molecule has 0 bridgehead atoms. The van der Waals surface area contributed by atoms with Gasteiger partial charge in [0.1, 0.15) is 16.4 Å². The maximum Gasteiger partial charge on any atom is 0.343 e. The molecule has 4 rings (SSSR count). The Hall–Kier alpha value is -3.72. The molecule has 2 N–H and O–H groups in total. The van der Waals surface area contributed by atoms with E-state index in [1.54, 1.807) is 25.3 Å². The molecule has 0 aliphatic heterocycles. The summed E-state index contributed by atoms with van der Waals surface area (Å²) in [5, 5.41) is 12.3. The molecule has 2 amide bonds. The molecule has 7 nitrogen and oxygen atoms in total. The first kappa shape index (κ1) is 20.5. The summed E-state index contributed by atoms with van der Waals surface area (Å²) in [6.07, 6.45) is -0.0000828. The summed E-state index contributed by atoms with van der Waals surface area (Å²) in [6.45, 7) is 0.316. The van der Waals surface area contributed by atoms with Gasteiger partial charge < -0.3 is 15.4 Å². The van der Waals surface area contributed by atoms with E-state index in [1.165, 1.54) is 28.2 Å². The van der Waals surface area contributed by atoms with Gasteiger partial charge in [-0.3, -0.25) is 4.79 Å². The Balaban J connectivity index is 1.46. The number of carbonyl (C=O) groups is 2. The van der Waals surface area contributed by atoms with Crippen LogP contribution in [0.15, 0.2) is 60.0 Å². The lowest BCUT2D eigenvalue weighted by atomic mass is 10.1. The van der Waals surface area contributed by atoms with Gasteiger partial charge in [0.15, 0.2) is 5.82 Å². The number of hydrogen-bond acceptors (Lipinski definition) is 5. The third-order valence-electron chi connectivity index (χ3n) is 4.60. The first-order chi connectivity index (χ1) is 15.0. The molecular formula is C22H19FN4O3S. The number of benzene rings is 2. The third kappa shape index (κ3) is 4.72. The van der Waals surface area contributed by atoms with Crippen LogP contribution in [-0.4, -0.2) is 28.8 Å². The number of halogens is 1. The number of amides is 2. The van der Waals surface area contributed by atoms with E-state index in [9.17, 15) is 14.0 Å². The largest absolute Gasteiger partial charge is 0.497 e. The van der Waals surface area contributed by atoms with Crippen LogP contribution in [0, 0.1) is 5.82 Å². The normalized spacial score (nSPS) is 10.8. The highest BCUT2D eigenvalue weighted by Gasteiger charge is 2.18. The molecular weight excluding hydrogens is 419 g/mol. The first-order valence-corrected chi connectivity index (χ1v) is 10.3. The lowest BCUT2D eigenvalue weighted by Gasteiger charge is -2.06. The average Bonchev–Trinajstić information content (AvgIpc) is 3.36. The molecule has 0 aliphatic rings. The Morgan fingerprint density at radius 2 is 1.94 bits per heavy atom. The predicted molar refractivity (Wildman–Crippen MR) is 117 cm³/mol. The summed E-state index contributed by atoms with van der Waals surface area (Å²) in [4.78, 5) is 25.7. The number of nitrogens with one attached hydrogen (secondary N) is 2. The number of anilines is 1. The van der Waals surface area contributed by atoms with Crippen molar-refractivity contribution in [3.63, 3.8) is 0 Å². The quantitative estimate of drug-likeness (QED) is 0.473. The van der Waals surface area contributed by atoms with Crippen molar-refractivity contribution in [1.29, 1.82) is 0 Å². The Morgan fingerprint density at radius 3 is 2.68 bits per heavy atom. The van der Waals surface area contributed by atoms with Crippen LogP contribution in [0.3, 0.4) is 0 Å². The third-order valence-corrected chi connectivity index (χ3v) is 5.49. The van der Waals surface area contributed by atoms with Crippen molar-refractivity contribution in [2.75, 3.05) is 12.4 Å². The van der Waals surface area contributed by atoms with Crippen LogP contribution in [0.4, 0.5) is 15.0 Å². The highest BCUT2D eigenvalue weighted by molar-refractivity contribution is 7.17. The van der Waals surface area contributed by atoms with Crippen LogP contribution in [-0.2, 0) is 17.8 Å². The van der Waals surface area contributed by atoms with Gasteiger partial charge in [0.25, 0.3) is 0 Å². The minimum Gasteiger partial charge on any atom is -0.497 e. The maximum atomic E-state index is 13.3. The highest BCUT2D eigenvalue weighted by atomic mass is 32.1. The van der Waals surface area contributed by atoms with Gasteiger partial charge in [-0.05, 0) is 46.8 Å². The number of carbonyl (C=O) groups excluding carboxylic acids is 2. The van der Waals surface area contributed by atoms with Gasteiger partial charge in [-0.1, -0.05) is 24.3 Å². The molecule has 0 spiro atoms. The summed E-state index contributed by atoms with van der Waals surface area (Å²) in [7, 11) is 1.59. The highest BCUT2D eigenvalue weighted by Crippen LogP contribution is 2.28. The minimum atomic E-state index is -0.408. The van der Waals surface area contributed by atoms with E-state index >= 15 is 0 Å². The fraction of sp³-hybridized carbons (Fsp3) is 0.136. The van der Waals surface area contributed by atoms with Crippen molar-refractivity contribution in [2.45, 2.75) is 13.0 Å². The van der Waals surface area contributed by atoms with Crippen LogP contribution < -0.4 is 15.4 Å². The number of aromatic nitrogens is 2. The number of hydrogen-bond donors (Lipinski definition) is 2. The maximum absolute atomic E-state index is 13.3. The fourth-order valence-electron chi connectivity index (χ4n) is 3.08. The summed E-state index contributed by atoms with van der Waals surface area (Å²) in [5.41, 5.74) is 1.46. The molecule has 2 aromatic carbocycles. The number of fused-ring (bicyclic) bond motifs is 1. The van der Waals surface area contributed by atoms with Gasteiger partial charge in [0, 0.05) is 6.54 Å². The van der Waals surface area contributed by atoms with E-state index in [2.05, 4.69) is 15.7 Å². The van der Waals surface area contributed by atoms with E-state index in [0.29, 0.717) is 22.3 Å². The molecule has 158 valence electrons. The Kier molecular flexibility index (Phi) is 5.94. The van der Waals surface area contributed by atoms with Crippen molar-refractivity contribution in [3.8, 4) is 5.75 Å². The summed E-state index contributed by atoms with van der Waals surface area (Å²) < 4.78 is 19.7. The van der Waals surface area contributed by atoms with Gasteiger partial charge in [-0.2, -0.15) is 4.68 Å². The standard InChI is InChI=1S/C22H19FN4O3S/c1-30-17-7-5-14(6-8-17)13-24-22(29)27-21-18(9-10-31-21)20(26-27)25-19(28)12-15-3-2-4-16(23)11-15/h2-11H,12-13H2,1H3,(H,24,29)(H,25,26,28).